The Balaban J connectivity index is 1.65. The molecule has 0 atom stereocenters. The summed E-state index contributed by atoms with van der Waals surface area (Å²) in [6.07, 6.45) is 3.73. The Hall–Kier alpha value is -3.67. The molecular formula is C22H21N5O. The Morgan fingerprint density at radius 2 is 1.75 bits per heavy atom. The number of methoxy groups -OCH3 is 1. The molecule has 6 nitrogen and oxygen atoms in total. The lowest BCUT2D eigenvalue weighted by Crippen LogP contribution is -1.99. The third-order valence-electron chi connectivity index (χ3n) is 4.48. The molecule has 0 unspecified atom stereocenters. The lowest BCUT2D eigenvalue weighted by molar-refractivity contribution is 0.417. The second kappa shape index (κ2) is 7.52. The summed E-state index contributed by atoms with van der Waals surface area (Å²) < 4.78 is 7.26. The fourth-order valence-electron chi connectivity index (χ4n) is 2.98. The molecule has 0 aliphatic rings. The van der Waals surface area contributed by atoms with Crippen molar-refractivity contribution < 1.29 is 4.74 Å². The Morgan fingerprint density at radius 3 is 2.54 bits per heavy atom. The summed E-state index contributed by atoms with van der Waals surface area (Å²) in [5.41, 5.74) is 5.73. The third kappa shape index (κ3) is 3.57. The van der Waals surface area contributed by atoms with Gasteiger partial charge in [-0.2, -0.15) is 5.10 Å². The minimum Gasteiger partial charge on any atom is -0.495 e. The van der Waals surface area contributed by atoms with Crippen molar-refractivity contribution in [2.24, 2.45) is 0 Å². The summed E-state index contributed by atoms with van der Waals surface area (Å²) in [6.45, 7) is 4.05. The molecule has 4 aromatic rings. The van der Waals surface area contributed by atoms with E-state index in [1.54, 1.807) is 13.3 Å². The number of para-hydroxylation sites is 2. The fourth-order valence-corrected chi connectivity index (χ4v) is 2.98. The minimum absolute atomic E-state index is 0.504. The number of anilines is 2. The molecule has 4 rings (SSSR count). The molecular weight excluding hydrogens is 350 g/mol. The van der Waals surface area contributed by atoms with Gasteiger partial charge in [-0.15, -0.1) is 0 Å². The number of nitrogens with one attached hydrogen (secondary N) is 1. The van der Waals surface area contributed by atoms with Crippen LogP contribution in [-0.2, 0) is 0 Å². The van der Waals surface area contributed by atoms with E-state index in [4.69, 9.17) is 4.74 Å². The smallest absolute Gasteiger partial charge is 0.227 e. The van der Waals surface area contributed by atoms with Crippen molar-refractivity contribution in [3.05, 3.63) is 78.2 Å². The van der Waals surface area contributed by atoms with Crippen LogP contribution >= 0.6 is 0 Å². The average molecular weight is 371 g/mol. The first-order valence-electron chi connectivity index (χ1n) is 9.01. The van der Waals surface area contributed by atoms with Gasteiger partial charge in [-0.25, -0.2) is 14.6 Å². The molecule has 0 aliphatic carbocycles. The van der Waals surface area contributed by atoms with Gasteiger partial charge < -0.3 is 10.1 Å². The van der Waals surface area contributed by atoms with Gasteiger partial charge in [-0.1, -0.05) is 29.8 Å². The molecule has 0 fully saturated rings. The van der Waals surface area contributed by atoms with Gasteiger partial charge in [0.2, 0.25) is 5.95 Å². The lowest BCUT2D eigenvalue weighted by atomic mass is 10.2. The second-order valence-corrected chi connectivity index (χ2v) is 6.50. The second-order valence-electron chi connectivity index (χ2n) is 6.50. The number of aryl methyl sites for hydroxylation is 2. The first-order chi connectivity index (χ1) is 13.6. The van der Waals surface area contributed by atoms with Crippen LogP contribution in [0.2, 0.25) is 0 Å². The molecule has 140 valence electrons. The Labute approximate surface area is 163 Å². The molecule has 0 saturated heterocycles. The maximum absolute atomic E-state index is 5.38. The predicted molar refractivity (Wildman–Crippen MR) is 110 cm³/mol. The number of aromatic nitrogens is 4. The van der Waals surface area contributed by atoms with Gasteiger partial charge in [-0.3, -0.25) is 0 Å². The van der Waals surface area contributed by atoms with Crippen LogP contribution in [0.25, 0.3) is 16.9 Å². The molecule has 0 bridgehead atoms. The maximum Gasteiger partial charge on any atom is 0.227 e. The zero-order chi connectivity index (χ0) is 19.5. The normalized spacial score (nSPS) is 10.7. The quantitative estimate of drug-likeness (QED) is 0.551. The van der Waals surface area contributed by atoms with E-state index >= 15 is 0 Å². The van der Waals surface area contributed by atoms with Gasteiger partial charge in [0.15, 0.2) is 0 Å². The van der Waals surface area contributed by atoms with Crippen LogP contribution in [0.3, 0.4) is 0 Å². The van der Waals surface area contributed by atoms with E-state index in [9.17, 15) is 0 Å². The Bertz CT molecular complexity index is 1100. The standard InChI is InChI=1S/C22H21N5O/c1-15-8-10-17(11-9-15)27-14-18(16(2)26-27)19-12-13-23-22(24-19)25-20-6-4-5-7-21(20)28-3/h4-14H,1-3H3,(H,23,24,25). The van der Waals surface area contributed by atoms with E-state index in [0.29, 0.717) is 5.95 Å². The molecule has 28 heavy (non-hydrogen) atoms. The van der Waals surface area contributed by atoms with Gasteiger partial charge in [0.1, 0.15) is 5.75 Å². The SMILES string of the molecule is COc1ccccc1Nc1nccc(-c2cn(-c3ccc(C)cc3)nc2C)n1. The van der Waals surface area contributed by atoms with E-state index in [2.05, 4.69) is 51.6 Å². The molecule has 0 amide bonds. The molecule has 2 aromatic heterocycles. The zero-order valence-corrected chi connectivity index (χ0v) is 16.0. The average Bonchev–Trinajstić information content (AvgIpc) is 3.11. The number of benzene rings is 2. The molecule has 0 spiro atoms. The fraction of sp³-hybridized carbons (Fsp3) is 0.136. The van der Waals surface area contributed by atoms with Gasteiger partial charge >= 0.3 is 0 Å². The number of ether oxygens (including phenoxy) is 1. The van der Waals surface area contributed by atoms with E-state index in [0.717, 1.165) is 34.1 Å². The van der Waals surface area contributed by atoms with Crippen molar-refractivity contribution in [3.8, 4) is 22.7 Å². The first-order valence-corrected chi connectivity index (χ1v) is 9.01. The molecule has 0 radical (unpaired) electrons. The van der Waals surface area contributed by atoms with Crippen molar-refractivity contribution in [1.29, 1.82) is 0 Å². The van der Waals surface area contributed by atoms with Crippen LogP contribution in [0.1, 0.15) is 11.3 Å². The van der Waals surface area contributed by atoms with E-state index in [1.165, 1.54) is 5.56 Å². The topological polar surface area (TPSA) is 64.9 Å². The van der Waals surface area contributed by atoms with Crippen molar-refractivity contribution >= 4 is 11.6 Å². The Morgan fingerprint density at radius 1 is 0.964 bits per heavy atom. The van der Waals surface area contributed by atoms with Gasteiger partial charge in [-0.05, 0) is 44.2 Å². The molecule has 0 saturated carbocycles. The Kier molecular flexibility index (Phi) is 4.76. The third-order valence-corrected chi connectivity index (χ3v) is 4.48. The summed E-state index contributed by atoms with van der Waals surface area (Å²) >= 11 is 0. The first kappa shape index (κ1) is 17.7. The number of hydrogen-bond donors (Lipinski definition) is 1. The highest BCUT2D eigenvalue weighted by Crippen LogP contribution is 2.27. The highest BCUT2D eigenvalue weighted by Gasteiger charge is 2.12. The summed E-state index contributed by atoms with van der Waals surface area (Å²) in [4.78, 5) is 9.00. The van der Waals surface area contributed by atoms with Gasteiger partial charge in [0.05, 0.1) is 29.9 Å². The van der Waals surface area contributed by atoms with Crippen molar-refractivity contribution in [1.82, 2.24) is 19.7 Å². The van der Waals surface area contributed by atoms with Crippen LogP contribution in [0.4, 0.5) is 11.6 Å². The van der Waals surface area contributed by atoms with Gasteiger partial charge in [0.25, 0.3) is 0 Å². The van der Waals surface area contributed by atoms with Crippen LogP contribution in [-0.4, -0.2) is 26.9 Å². The zero-order valence-electron chi connectivity index (χ0n) is 16.0. The van der Waals surface area contributed by atoms with Crippen molar-refractivity contribution in [2.75, 3.05) is 12.4 Å². The minimum atomic E-state index is 0.504. The number of hydrogen-bond acceptors (Lipinski definition) is 5. The highest BCUT2D eigenvalue weighted by molar-refractivity contribution is 5.66. The highest BCUT2D eigenvalue weighted by atomic mass is 16.5. The molecule has 1 N–H and O–H groups in total. The molecule has 0 aliphatic heterocycles. The van der Waals surface area contributed by atoms with Crippen molar-refractivity contribution in [2.45, 2.75) is 13.8 Å². The maximum atomic E-state index is 5.38. The van der Waals surface area contributed by atoms with E-state index < -0.39 is 0 Å². The number of rotatable bonds is 5. The summed E-state index contributed by atoms with van der Waals surface area (Å²) in [5.74, 6) is 1.24. The van der Waals surface area contributed by atoms with Crippen LogP contribution in [0.15, 0.2) is 67.0 Å². The van der Waals surface area contributed by atoms with Crippen LogP contribution < -0.4 is 10.1 Å². The molecule has 2 heterocycles. The molecule has 2 aromatic carbocycles. The largest absolute Gasteiger partial charge is 0.495 e. The van der Waals surface area contributed by atoms with Crippen LogP contribution in [0, 0.1) is 13.8 Å². The summed E-state index contributed by atoms with van der Waals surface area (Å²) in [7, 11) is 1.64. The number of nitrogens with zero attached hydrogens (tertiary/aromatic N) is 4. The van der Waals surface area contributed by atoms with Crippen molar-refractivity contribution in [3.63, 3.8) is 0 Å². The summed E-state index contributed by atoms with van der Waals surface area (Å²) in [6, 6.07) is 17.8. The molecule has 6 heteroatoms. The van der Waals surface area contributed by atoms with E-state index in [1.807, 2.05) is 48.1 Å². The summed E-state index contributed by atoms with van der Waals surface area (Å²) in [5, 5.41) is 7.87. The predicted octanol–water partition coefficient (Wildman–Crippen LogP) is 4.70. The van der Waals surface area contributed by atoms with Gasteiger partial charge in [0, 0.05) is 18.0 Å². The van der Waals surface area contributed by atoms with Crippen LogP contribution in [0.5, 0.6) is 5.75 Å². The van der Waals surface area contributed by atoms with E-state index in [-0.39, 0.29) is 0 Å². The lowest BCUT2D eigenvalue weighted by Gasteiger charge is -2.10. The monoisotopic (exact) mass is 371 g/mol.